The third-order valence-corrected chi connectivity index (χ3v) is 5.61. The smallest absolute Gasteiger partial charge is 0.306 e. The minimum atomic E-state index is -0.454. The van der Waals surface area contributed by atoms with Gasteiger partial charge in [0.05, 0.1) is 12.8 Å². The Morgan fingerprint density at radius 2 is 1.76 bits per heavy atom. The number of hydrogen-bond donors (Lipinski definition) is 2. The van der Waals surface area contributed by atoms with Gasteiger partial charge in [-0.3, -0.25) is 9.59 Å². The second kappa shape index (κ2) is 8.70. The van der Waals surface area contributed by atoms with Gasteiger partial charge < -0.3 is 24.2 Å². The van der Waals surface area contributed by atoms with Gasteiger partial charge >= 0.3 is 5.97 Å². The molecule has 0 aliphatic rings. The largest absolute Gasteiger partial charge is 0.495 e. The van der Waals surface area contributed by atoms with Crippen molar-refractivity contribution in [3.8, 4) is 5.75 Å². The molecule has 3 aromatic carbocycles. The molecular weight excluding hydrogens is 420 g/mol. The molecule has 166 valence electrons. The Hall–Kier alpha value is -4.26. The summed E-state index contributed by atoms with van der Waals surface area (Å²) in [5.74, 6) is -0.396. The highest BCUT2D eigenvalue weighted by Gasteiger charge is 2.15. The van der Waals surface area contributed by atoms with Crippen molar-refractivity contribution in [1.82, 2.24) is 4.98 Å². The van der Waals surface area contributed by atoms with Crippen LogP contribution >= 0.6 is 0 Å². The van der Waals surface area contributed by atoms with Gasteiger partial charge in [0.25, 0.3) is 5.91 Å². The maximum atomic E-state index is 12.4. The van der Waals surface area contributed by atoms with Crippen LogP contribution in [0, 0.1) is 0 Å². The fourth-order valence-corrected chi connectivity index (χ4v) is 4.00. The zero-order valence-corrected chi connectivity index (χ0v) is 18.0. The third kappa shape index (κ3) is 4.13. The summed E-state index contributed by atoms with van der Waals surface area (Å²) >= 11 is 0. The van der Waals surface area contributed by atoms with E-state index in [2.05, 4.69) is 10.3 Å². The number of amides is 1. The minimum Gasteiger partial charge on any atom is -0.495 e. The Labute approximate surface area is 189 Å². The van der Waals surface area contributed by atoms with Crippen molar-refractivity contribution in [2.24, 2.45) is 0 Å². The number of carbonyl (C=O) groups excluding carboxylic acids is 2. The molecule has 7 nitrogen and oxygen atoms in total. The van der Waals surface area contributed by atoms with E-state index in [1.807, 2.05) is 60.8 Å². The van der Waals surface area contributed by atoms with Crippen molar-refractivity contribution in [3.63, 3.8) is 0 Å². The molecule has 0 radical (unpaired) electrons. The van der Waals surface area contributed by atoms with Gasteiger partial charge in [-0.15, -0.1) is 0 Å². The van der Waals surface area contributed by atoms with Crippen molar-refractivity contribution >= 4 is 50.4 Å². The van der Waals surface area contributed by atoms with Crippen LogP contribution in [0.25, 0.3) is 32.8 Å². The van der Waals surface area contributed by atoms with Crippen LogP contribution in [0.4, 0.5) is 5.69 Å². The molecule has 0 fully saturated rings. The van der Waals surface area contributed by atoms with E-state index in [0.29, 0.717) is 23.4 Å². The number of methoxy groups -OCH3 is 1. The Morgan fingerprint density at radius 3 is 2.61 bits per heavy atom. The van der Waals surface area contributed by atoms with Crippen LogP contribution in [0.3, 0.4) is 0 Å². The summed E-state index contributed by atoms with van der Waals surface area (Å²) in [5.41, 5.74) is 3.89. The van der Waals surface area contributed by atoms with E-state index in [9.17, 15) is 9.59 Å². The molecule has 0 bridgehead atoms. The molecule has 1 amide bonds. The number of rotatable bonds is 7. The molecular formula is C26H22N2O5. The molecule has 0 unspecified atom stereocenters. The van der Waals surface area contributed by atoms with Gasteiger partial charge in [0, 0.05) is 40.4 Å². The lowest BCUT2D eigenvalue weighted by atomic mass is 10.1. The van der Waals surface area contributed by atoms with Gasteiger partial charge in [0.15, 0.2) is 6.61 Å². The van der Waals surface area contributed by atoms with Crippen LogP contribution in [0.15, 0.2) is 71.3 Å². The zero-order valence-electron chi connectivity index (χ0n) is 18.0. The van der Waals surface area contributed by atoms with Gasteiger partial charge in [-0.1, -0.05) is 36.4 Å². The maximum absolute atomic E-state index is 12.4. The lowest BCUT2D eigenvalue weighted by molar-refractivity contribution is -0.147. The lowest BCUT2D eigenvalue weighted by Gasteiger charge is -2.10. The quantitative estimate of drug-likeness (QED) is 0.338. The van der Waals surface area contributed by atoms with E-state index in [-0.39, 0.29) is 13.0 Å². The number of furan rings is 1. The molecule has 33 heavy (non-hydrogen) atoms. The average Bonchev–Trinajstić information content (AvgIpc) is 3.41. The molecule has 7 heteroatoms. The molecule has 2 aromatic heterocycles. The first kappa shape index (κ1) is 20.6. The lowest BCUT2D eigenvalue weighted by Crippen LogP contribution is -2.21. The molecule has 2 N–H and O–H groups in total. The standard InChI is InChI=1S/C26H22N2O5/c1-31-24-12-19-18-7-3-5-9-22(18)33-23(19)13-21(24)28-25(29)15-32-26(30)11-10-16-14-27-20-8-4-2-6-17(16)20/h2-9,12-14,27H,10-11,15H2,1H3,(H,28,29). The maximum Gasteiger partial charge on any atom is 0.306 e. The number of H-pyrrole nitrogens is 1. The molecule has 5 rings (SSSR count). The number of aryl methyl sites for hydroxylation is 1. The fraction of sp³-hybridized carbons (Fsp3) is 0.154. The number of esters is 1. The van der Waals surface area contributed by atoms with Crippen LogP contribution in [0.5, 0.6) is 5.75 Å². The highest BCUT2D eigenvalue weighted by atomic mass is 16.5. The fourth-order valence-electron chi connectivity index (χ4n) is 4.00. The van der Waals surface area contributed by atoms with Crippen molar-refractivity contribution in [1.29, 1.82) is 0 Å². The number of para-hydroxylation sites is 2. The van der Waals surface area contributed by atoms with Crippen LogP contribution in [0.1, 0.15) is 12.0 Å². The SMILES string of the molecule is COc1cc2c(cc1NC(=O)COC(=O)CCc1c[nH]c3ccccc13)oc1ccccc12. The Bertz CT molecular complexity index is 1480. The van der Waals surface area contributed by atoms with Crippen molar-refractivity contribution < 1.29 is 23.5 Å². The number of benzene rings is 3. The van der Waals surface area contributed by atoms with Crippen LogP contribution in [-0.2, 0) is 20.7 Å². The summed E-state index contributed by atoms with van der Waals surface area (Å²) in [7, 11) is 1.53. The molecule has 0 saturated heterocycles. The molecule has 2 heterocycles. The molecule has 0 aliphatic heterocycles. The summed E-state index contributed by atoms with van der Waals surface area (Å²) in [6, 6.07) is 19.1. The van der Waals surface area contributed by atoms with Crippen LogP contribution in [0.2, 0.25) is 0 Å². The number of nitrogens with one attached hydrogen (secondary N) is 2. The van der Waals surface area contributed by atoms with Crippen LogP contribution in [-0.4, -0.2) is 30.6 Å². The molecule has 0 aliphatic carbocycles. The first-order valence-corrected chi connectivity index (χ1v) is 10.6. The number of hydrogen-bond acceptors (Lipinski definition) is 5. The van der Waals surface area contributed by atoms with E-state index in [1.54, 1.807) is 6.07 Å². The number of fused-ring (bicyclic) bond motifs is 4. The number of aromatic nitrogens is 1. The van der Waals surface area contributed by atoms with Crippen molar-refractivity contribution in [3.05, 3.63) is 72.4 Å². The number of ether oxygens (including phenoxy) is 2. The summed E-state index contributed by atoms with van der Waals surface area (Å²) in [6.07, 6.45) is 2.61. The van der Waals surface area contributed by atoms with E-state index in [1.165, 1.54) is 7.11 Å². The normalized spacial score (nSPS) is 11.2. The van der Waals surface area contributed by atoms with Crippen molar-refractivity contribution in [2.45, 2.75) is 12.8 Å². The first-order chi connectivity index (χ1) is 16.1. The zero-order chi connectivity index (χ0) is 22.8. The average molecular weight is 442 g/mol. The number of anilines is 1. The van der Waals surface area contributed by atoms with Gasteiger partial charge in [-0.25, -0.2) is 0 Å². The molecule has 5 aromatic rings. The molecule has 0 saturated carbocycles. The second-order valence-corrected chi connectivity index (χ2v) is 7.72. The first-order valence-electron chi connectivity index (χ1n) is 10.6. The number of aromatic amines is 1. The Kier molecular flexibility index (Phi) is 5.44. The van der Waals surface area contributed by atoms with Gasteiger partial charge in [-0.2, -0.15) is 0 Å². The minimum absolute atomic E-state index is 0.184. The Morgan fingerprint density at radius 1 is 0.970 bits per heavy atom. The van der Waals surface area contributed by atoms with E-state index in [4.69, 9.17) is 13.9 Å². The topological polar surface area (TPSA) is 93.6 Å². The van der Waals surface area contributed by atoms with Gasteiger partial charge in [-0.05, 0) is 30.2 Å². The Balaban J connectivity index is 1.21. The second-order valence-electron chi connectivity index (χ2n) is 7.72. The van der Waals surface area contributed by atoms with Crippen LogP contribution < -0.4 is 10.1 Å². The summed E-state index contributed by atoms with van der Waals surface area (Å²) in [4.78, 5) is 27.8. The van der Waals surface area contributed by atoms with Gasteiger partial charge in [0.1, 0.15) is 16.9 Å². The molecule has 0 spiro atoms. The monoisotopic (exact) mass is 442 g/mol. The number of carbonyl (C=O) groups is 2. The van der Waals surface area contributed by atoms with Crippen molar-refractivity contribution in [2.75, 3.05) is 19.0 Å². The molecule has 0 atom stereocenters. The summed E-state index contributed by atoms with van der Waals surface area (Å²) in [6.45, 7) is -0.381. The predicted molar refractivity (Wildman–Crippen MR) is 126 cm³/mol. The third-order valence-electron chi connectivity index (χ3n) is 5.61. The van der Waals surface area contributed by atoms with E-state index in [0.717, 1.165) is 32.8 Å². The van der Waals surface area contributed by atoms with Gasteiger partial charge in [0.2, 0.25) is 0 Å². The highest BCUT2D eigenvalue weighted by Crippen LogP contribution is 2.36. The predicted octanol–water partition coefficient (Wildman–Crippen LogP) is 5.19. The summed E-state index contributed by atoms with van der Waals surface area (Å²) < 4.78 is 16.5. The van der Waals surface area contributed by atoms with E-state index < -0.39 is 11.9 Å². The van der Waals surface area contributed by atoms with E-state index >= 15 is 0 Å². The summed E-state index contributed by atoms with van der Waals surface area (Å²) in [5, 5.41) is 5.68. The highest BCUT2D eigenvalue weighted by molar-refractivity contribution is 6.07.